The van der Waals surface area contributed by atoms with Crippen LogP contribution in [-0.4, -0.2) is 31.8 Å². The zero-order chi connectivity index (χ0) is 18.4. The van der Waals surface area contributed by atoms with Crippen LogP contribution in [0.25, 0.3) is 0 Å². The molecule has 0 aromatic heterocycles. The fourth-order valence-electron chi connectivity index (χ4n) is 3.12. The van der Waals surface area contributed by atoms with Crippen LogP contribution in [-0.2, 0) is 9.53 Å². The van der Waals surface area contributed by atoms with Gasteiger partial charge in [-0.05, 0) is 62.1 Å². The second-order valence-electron chi connectivity index (χ2n) is 6.72. The normalized spacial score (nSPS) is 16.3. The number of anilines is 2. The zero-order valence-electron chi connectivity index (χ0n) is 15.4. The van der Waals surface area contributed by atoms with Crippen molar-refractivity contribution in [2.45, 2.75) is 32.8 Å². The van der Waals surface area contributed by atoms with Crippen molar-refractivity contribution in [1.82, 2.24) is 0 Å². The summed E-state index contributed by atoms with van der Waals surface area (Å²) in [6, 6.07) is 13.7. The van der Waals surface area contributed by atoms with E-state index in [2.05, 4.69) is 16.7 Å². The molecule has 1 unspecified atom stereocenters. The molecule has 1 amide bonds. The van der Waals surface area contributed by atoms with Gasteiger partial charge in [0, 0.05) is 12.3 Å². The first-order valence-corrected chi connectivity index (χ1v) is 9.05. The Morgan fingerprint density at radius 2 is 1.96 bits per heavy atom. The molecule has 0 radical (unpaired) electrons. The molecule has 0 aliphatic carbocycles. The topological polar surface area (TPSA) is 59.6 Å². The summed E-state index contributed by atoms with van der Waals surface area (Å²) in [6.45, 7) is 5.55. The number of hydrogen-bond acceptors (Lipinski definition) is 4. The number of carbonyl (C=O) groups is 1. The van der Waals surface area contributed by atoms with Gasteiger partial charge in [-0.25, -0.2) is 0 Å². The van der Waals surface area contributed by atoms with E-state index in [1.165, 1.54) is 0 Å². The largest absolute Gasteiger partial charge is 0.489 e. The van der Waals surface area contributed by atoms with Crippen molar-refractivity contribution in [3.63, 3.8) is 0 Å². The van der Waals surface area contributed by atoms with Crippen LogP contribution in [0.1, 0.15) is 24.0 Å². The lowest BCUT2D eigenvalue weighted by Gasteiger charge is -2.15. The Kier molecular flexibility index (Phi) is 6.12. The molecular weight excluding hydrogens is 328 g/mol. The predicted molar refractivity (Wildman–Crippen MR) is 104 cm³/mol. The minimum Gasteiger partial charge on any atom is -0.489 e. The number of benzene rings is 2. The molecule has 2 aromatic rings. The lowest BCUT2D eigenvalue weighted by Crippen LogP contribution is -2.22. The summed E-state index contributed by atoms with van der Waals surface area (Å²) in [5.74, 6) is 0.645. The van der Waals surface area contributed by atoms with Crippen LogP contribution in [0.15, 0.2) is 42.5 Å². The van der Waals surface area contributed by atoms with Crippen LogP contribution in [0.5, 0.6) is 5.75 Å². The lowest BCUT2D eigenvalue weighted by atomic mass is 10.1. The molecule has 0 saturated carbocycles. The van der Waals surface area contributed by atoms with Crippen molar-refractivity contribution in [2.24, 2.45) is 0 Å². The van der Waals surface area contributed by atoms with Crippen LogP contribution >= 0.6 is 0 Å². The van der Waals surface area contributed by atoms with Crippen molar-refractivity contribution in [1.29, 1.82) is 0 Å². The Morgan fingerprint density at radius 3 is 2.69 bits per heavy atom. The summed E-state index contributed by atoms with van der Waals surface area (Å²) in [6.07, 6.45) is 2.29. The van der Waals surface area contributed by atoms with Gasteiger partial charge in [0.1, 0.15) is 12.4 Å². The van der Waals surface area contributed by atoms with Gasteiger partial charge in [-0.2, -0.15) is 0 Å². The van der Waals surface area contributed by atoms with Crippen LogP contribution in [0.3, 0.4) is 0 Å². The molecule has 1 heterocycles. The second-order valence-corrected chi connectivity index (χ2v) is 6.72. The van der Waals surface area contributed by atoms with Crippen molar-refractivity contribution in [3.8, 4) is 5.75 Å². The van der Waals surface area contributed by atoms with Crippen LogP contribution in [0.4, 0.5) is 11.4 Å². The molecule has 2 aromatic carbocycles. The summed E-state index contributed by atoms with van der Waals surface area (Å²) >= 11 is 0. The van der Waals surface area contributed by atoms with Gasteiger partial charge in [0.05, 0.1) is 18.3 Å². The van der Waals surface area contributed by atoms with Gasteiger partial charge in [0.2, 0.25) is 5.91 Å². The quantitative estimate of drug-likeness (QED) is 0.791. The van der Waals surface area contributed by atoms with Gasteiger partial charge in [-0.3, -0.25) is 4.79 Å². The predicted octanol–water partition coefficient (Wildman–Crippen LogP) is 3.91. The van der Waals surface area contributed by atoms with E-state index in [-0.39, 0.29) is 18.6 Å². The highest BCUT2D eigenvalue weighted by molar-refractivity contribution is 5.94. The second kappa shape index (κ2) is 8.72. The summed E-state index contributed by atoms with van der Waals surface area (Å²) in [5, 5.41) is 6.09. The molecule has 1 saturated heterocycles. The SMILES string of the molecule is Cc1cc(C)cc(NC(=O)CNc2ccccc2OCC2CCCO2)c1. The maximum Gasteiger partial charge on any atom is 0.243 e. The summed E-state index contributed by atoms with van der Waals surface area (Å²) < 4.78 is 11.5. The molecule has 0 spiro atoms. The standard InChI is InChI=1S/C21H26N2O3/c1-15-10-16(2)12-17(11-15)23-21(24)13-22-19-7-3-4-8-20(19)26-14-18-6-5-9-25-18/h3-4,7-8,10-12,18,22H,5-6,9,13-14H2,1-2H3,(H,23,24). The molecule has 138 valence electrons. The number of hydrogen-bond donors (Lipinski definition) is 2. The molecule has 0 bridgehead atoms. The minimum atomic E-state index is -0.0936. The summed E-state index contributed by atoms with van der Waals surface area (Å²) in [5.41, 5.74) is 3.88. The number of nitrogens with one attached hydrogen (secondary N) is 2. The number of carbonyl (C=O) groups excluding carboxylic acids is 1. The Bertz CT molecular complexity index is 734. The summed E-state index contributed by atoms with van der Waals surface area (Å²) in [7, 11) is 0. The fraction of sp³-hybridized carbons (Fsp3) is 0.381. The first-order valence-electron chi connectivity index (χ1n) is 9.05. The van der Waals surface area contributed by atoms with Gasteiger partial charge in [-0.1, -0.05) is 18.2 Å². The molecule has 5 heteroatoms. The fourth-order valence-corrected chi connectivity index (χ4v) is 3.12. The molecule has 1 atom stereocenters. The van der Waals surface area contributed by atoms with E-state index in [1.807, 2.05) is 50.2 Å². The van der Waals surface area contributed by atoms with E-state index in [0.29, 0.717) is 6.61 Å². The maximum absolute atomic E-state index is 12.3. The number of ether oxygens (including phenoxy) is 2. The Labute approximate surface area is 154 Å². The van der Waals surface area contributed by atoms with Crippen LogP contribution in [0.2, 0.25) is 0 Å². The van der Waals surface area contributed by atoms with Crippen LogP contribution < -0.4 is 15.4 Å². The first-order chi connectivity index (χ1) is 12.6. The third-order valence-electron chi connectivity index (χ3n) is 4.28. The lowest BCUT2D eigenvalue weighted by molar-refractivity contribution is -0.114. The molecule has 1 fully saturated rings. The summed E-state index contributed by atoms with van der Waals surface area (Å²) in [4.78, 5) is 12.3. The highest BCUT2D eigenvalue weighted by Crippen LogP contribution is 2.25. The number of amides is 1. The van der Waals surface area contributed by atoms with Gasteiger partial charge >= 0.3 is 0 Å². The molecule has 1 aliphatic heterocycles. The highest BCUT2D eigenvalue weighted by Gasteiger charge is 2.16. The van der Waals surface area contributed by atoms with E-state index in [1.54, 1.807) is 0 Å². The van der Waals surface area contributed by atoms with Crippen molar-refractivity contribution >= 4 is 17.3 Å². The third kappa shape index (κ3) is 5.23. The Morgan fingerprint density at radius 1 is 1.19 bits per heavy atom. The number of para-hydroxylation sites is 2. The van der Waals surface area contributed by atoms with E-state index >= 15 is 0 Å². The van der Waals surface area contributed by atoms with E-state index in [4.69, 9.17) is 9.47 Å². The highest BCUT2D eigenvalue weighted by atomic mass is 16.5. The van der Waals surface area contributed by atoms with Gasteiger partial charge in [0.25, 0.3) is 0 Å². The maximum atomic E-state index is 12.3. The average Bonchev–Trinajstić information content (AvgIpc) is 3.11. The number of rotatable bonds is 7. The zero-order valence-corrected chi connectivity index (χ0v) is 15.4. The van der Waals surface area contributed by atoms with E-state index < -0.39 is 0 Å². The average molecular weight is 354 g/mol. The molecule has 2 N–H and O–H groups in total. The number of aryl methyl sites for hydroxylation is 2. The van der Waals surface area contributed by atoms with E-state index in [0.717, 1.165) is 47.7 Å². The minimum absolute atomic E-state index is 0.0936. The first kappa shape index (κ1) is 18.3. The molecule has 3 rings (SSSR count). The van der Waals surface area contributed by atoms with Gasteiger partial charge < -0.3 is 20.1 Å². The van der Waals surface area contributed by atoms with Crippen molar-refractivity contribution < 1.29 is 14.3 Å². The smallest absolute Gasteiger partial charge is 0.243 e. The monoisotopic (exact) mass is 354 g/mol. The molecule has 26 heavy (non-hydrogen) atoms. The van der Waals surface area contributed by atoms with Gasteiger partial charge in [0.15, 0.2) is 0 Å². The molecule has 1 aliphatic rings. The Balaban J connectivity index is 1.54. The van der Waals surface area contributed by atoms with Crippen molar-refractivity contribution in [3.05, 3.63) is 53.6 Å². The van der Waals surface area contributed by atoms with Crippen LogP contribution in [0, 0.1) is 13.8 Å². The van der Waals surface area contributed by atoms with Crippen molar-refractivity contribution in [2.75, 3.05) is 30.4 Å². The third-order valence-corrected chi connectivity index (χ3v) is 4.28. The Hall–Kier alpha value is -2.53. The van der Waals surface area contributed by atoms with E-state index in [9.17, 15) is 4.79 Å². The molecule has 5 nitrogen and oxygen atoms in total. The van der Waals surface area contributed by atoms with Gasteiger partial charge in [-0.15, -0.1) is 0 Å². The molecular formula is C21H26N2O3.